The van der Waals surface area contributed by atoms with Crippen molar-refractivity contribution in [1.29, 1.82) is 0 Å². The summed E-state index contributed by atoms with van der Waals surface area (Å²) in [6, 6.07) is 94.4. The number of hydrogen-bond acceptors (Lipinski definition) is 2. The first kappa shape index (κ1) is 80.5. The van der Waals surface area contributed by atoms with Crippen LogP contribution in [-0.2, 0) is 0 Å². The molecule has 2 aliphatic heterocycles. The lowest BCUT2D eigenvalue weighted by atomic mass is 9.33. The molecule has 4 heterocycles. The highest BCUT2D eigenvalue weighted by molar-refractivity contribution is 7.00. The Balaban J connectivity index is 0.909. The van der Waals surface area contributed by atoms with Gasteiger partial charge in [0.05, 0.1) is 22.1 Å². The molecular formula is C114H123BN4. The maximum atomic E-state index is 2.59. The highest BCUT2D eigenvalue weighted by Gasteiger charge is 2.44. The van der Waals surface area contributed by atoms with Crippen molar-refractivity contribution in [3.05, 3.63) is 303 Å². The van der Waals surface area contributed by atoms with Gasteiger partial charge in [0.1, 0.15) is 0 Å². The molecule has 602 valence electrons. The zero-order valence-corrected chi connectivity index (χ0v) is 75.3. The number of hydrogen-bond donors (Lipinski definition) is 0. The third kappa shape index (κ3) is 13.8. The van der Waals surface area contributed by atoms with Crippen molar-refractivity contribution < 1.29 is 0 Å². The predicted molar refractivity (Wildman–Crippen MR) is 520 cm³/mol. The van der Waals surface area contributed by atoms with E-state index in [4.69, 9.17) is 0 Å². The summed E-state index contributed by atoms with van der Waals surface area (Å²) >= 11 is 0. The van der Waals surface area contributed by atoms with E-state index < -0.39 is 0 Å². The minimum Gasteiger partial charge on any atom is -0.311 e. The lowest BCUT2D eigenvalue weighted by molar-refractivity contribution is 0.807. The van der Waals surface area contributed by atoms with Gasteiger partial charge in [-0.2, -0.15) is 0 Å². The van der Waals surface area contributed by atoms with Crippen LogP contribution < -0.4 is 26.2 Å². The summed E-state index contributed by atoms with van der Waals surface area (Å²) in [6.45, 7) is 56.7. The highest BCUT2D eigenvalue weighted by Crippen LogP contribution is 2.52. The molecule has 15 aromatic rings. The summed E-state index contributed by atoms with van der Waals surface area (Å²) in [5, 5.41) is 5.04. The lowest BCUT2D eigenvalue weighted by Gasteiger charge is -2.44. The minimum absolute atomic E-state index is 0.125. The number of fused-ring (bicyclic) bond motifs is 10. The Morgan fingerprint density at radius 3 is 0.672 bits per heavy atom. The number of anilines is 6. The van der Waals surface area contributed by atoms with Gasteiger partial charge in [-0.1, -0.05) is 294 Å². The second kappa shape index (κ2) is 31.4. The zero-order valence-electron chi connectivity index (χ0n) is 75.3. The normalized spacial score (nSPS) is 13.1. The summed E-state index contributed by atoms with van der Waals surface area (Å²) in [6.07, 6.45) is 0. The monoisotopic (exact) mass is 1560 g/mol. The molecule has 0 N–H and O–H groups in total. The molecule has 0 radical (unpaired) electrons. The van der Waals surface area contributed by atoms with Crippen LogP contribution in [0.5, 0.6) is 0 Å². The van der Waals surface area contributed by atoms with Crippen molar-refractivity contribution in [2.24, 2.45) is 0 Å². The number of benzene rings is 13. The van der Waals surface area contributed by atoms with Gasteiger partial charge in [-0.25, -0.2) is 0 Å². The standard InChI is InChI=1S/C114H123BN4/c1-64(2)80-54-88(68(9)10)110(89(55-80)69(11)12)76-38-46-102-96(50-76)97-51-77(111-90(70(13)14)56-81(65(3)4)57-91(111)71(15)16)39-47-103(97)118(102)86-42-44-100-108(62-86)116(84-32-27-25-28-33-84)106-36-31-37-107-114(106)115(100)101-45-43-87(63-109(101)117(107)85-34-29-26-30-35-85)119-104-48-40-78(112-92(72(17)18)58-82(66(5)6)59-93(112)73(19)20)52-98(104)99-53-79(41-49-105(99)119)113-94(74(21)22)60-83(67(7)8)61-95(113)75(23)24/h25-75H,1-24H3. The van der Waals surface area contributed by atoms with Crippen LogP contribution in [0.15, 0.2) is 237 Å². The summed E-state index contributed by atoms with van der Waals surface area (Å²) in [5.74, 6) is 4.36. The summed E-state index contributed by atoms with van der Waals surface area (Å²) in [5.41, 5.74) is 45.5. The molecule has 0 bridgehead atoms. The number of rotatable bonds is 20. The fourth-order valence-electron chi connectivity index (χ4n) is 20.3. The van der Waals surface area contributed by atoms with E-state index in [9.17, 15) is 0 Å². The third-order valence-corrected chi connectivity index (χ3v) is 26.7. The molecule has 119 heavy (non-hydrogen) atoms. The van der Waals surface area contributed by atoms with E-state index in [0.717, 1.165) is 22.7 Å². The Bertz CT molecular complexity index is 5690. The first-order chi connectivity index (χ1) is 57.0. The molecule has 4 nitrogen and oxygen atoms in total. The van der Waals surface area contributed by atoms with Crippen LogP contribution in [0.3, 0.4) is 0 Å². The molecular weight excluding hydrogens is 1440 g/mol. The average molecular weight is 1560 g/mol. The van der Waals surface area contributed by atoms with E-state index in [0.29, 0.717) is 71.0 Å². The molecule has 0 spiro atoms. The van der Waals surface area contributed by atoms with Gasteiger partial charge in [0.15, 0.2) is 0 Å². The fourth-order valence-corrected chi connectivity index (χ4v) is 20.3. The van der Waals surface area contributed by atoms with Gasteiger partial charge in [0.25, 0.3) is 6.71 Å². The summed E-state index contributed by atoms with van der Waals surface area (Å²) < 4.78 is 5.19. The van der Waals surface area contributed by atoms with E-state index in [1.165, 1.54) is 194 Å². The number of aromatic nitrogens is 2. The largest absolute Gasteiger partial charge is 0.311 e. The smallest absolute Gasteiger partial charge is 0.252 e. The van der Waals surface area contributed by atoms with Crippen molar-refractivity contribution in [2.45, 2.75) is 237 Å². The van der Waals surface area contributed by atoms with Crippen molar-refractivity contribution in [3.63, 3.8) is 0 Å². The average Bonchev–Trinajstić information content (AvgIpc) is 1.14. The second-order valence-corrected chi connectivity index (χ2v) is 38.7. The van der Waals surface area contributed by atoms with E-state index in [2.05, 4.69) is 422 Å². The predicted octanol–water partition coefficient (Wildman–Crippen LogP) is 32.1. The maximum absolute atomic E-state index is 2.59. The third-order valence-electron chi connectivity index (χ3n) is 26.7. The van der Waals surface area contributed by atoms with Crippen LogP contribution in [0.25, 0.3) is 99.5 Å². The van der Waals surface area contributed by atoms with Gasteiger partial charge in [-0.15, -0.1) is 0 Å². The zero-order chi connectivity index (χ0) is 83.9. The van der Waals surface area contributed by atoms with E-state index in [1.807, 2.05) is 0 Å². The van der Waals surface area contributed by atoms with E-state index in [1.54, 1.807) is 0 Å². The van der Waals surface area contributed by atoms with Gasteiger partial charge >= 0.3 is 0 Å². The first-order valence-electron chi connectivity index (χ1n) is 45.0. The Morgan fingerprint density at radius 1 is 0.202 bits per heavy atom. The second-order valence-electron chi connectivity index (χ2n) is 38.7. The van der Waals surface area contributed by atoms with Crippen molar-refractivity contribution >= 4 is 101 Å². The van der Waals surface area contributed by atoms with Crippen LogP contribution in [0, 0.1) is 0 Å². The molecule has 0 unspecified atom stereocenters. The van der Waals surface area contributed by atoms with E-state index >= 15 is 0 Å². The number of para-hydroxylation sites is 2. The summed E-state index contributed by atoms with van der Waals surface area (Å²) in [4.78, 5) is 5.15. The lowest BCUT2D eigenvalue weighted by Crippen LogP contribution is -2.61. The molecule has 0 atom stereocenters. The van der Waals surface area contributed by atoms with Crippen LogP contribution in [0.1, 0.15) is 304 Å². The molecule has 2 aliphatic rings. The van der Waals surface area contributed by atoms with Crippen LogP contribution in [-0.4, -0.2) is 15.8 Å². The molecule has 17 rings (SSSR count). The van der Waals surface area contributed by atoms with Gasteiger partial charge in [0, 0.05) is 67.0 Å². The van der Waals surface area contributed by atoms with Crippen LogP contribution in [0.4, 0.5) is 34.1 Å². The maximum Gasteiger partial charge on any atom is 0.252 e. The quantitative estimate of drug-likeness (QED) is 0.0707. The molecule has 13 aromatic carbocycles. The molecule has 5 heteroatoms. The molecule has 0 amide bonds. The van der Waals surface area contributed by atoms with Gasteiger partial charge in [-0.3, -0.25) is 0 Å². The van der Waals surface area contributed by atoms with Gasteiger partial charge in [0.2, 0.25) is 0 Å². The van der Waals surface area contributed by atoms with Crippen molar-refractivity contribution in [1.82, 2.24) is 9.13 Å². The van der Waals surface area contributed by atoms with Crippen LogP contribution >= 0.6 is 0 Å². The Kier molecular flexibility index (Phi) is 21.2. The van der Waals surface area contributed by atoms with Crippen molar-refractivity contribution in [2.75, 3.05) is 9.80 Å². The van der Waals surface area contributed by atoms with E-state index in [-0.39, 0.29) is 6.71 Å². The highest BCUT2D eigenvalue weighted by atomic mass is 15.2. The Labute approximate surface area is 711 Å². The summed E-state index contributed by atoms with van der Waals surface area (Å²) in [7, 11) is 0. The van der Waals surface area contributed by atoms with Gasteiger partial charge < -0.3 is 18.9 Å². The Hall–Kier alpha value is -10.9. The molecule has 2 aromatic heterocycles. The minimum atomic E-state index is -0.125. The first-order valence-corrected chi connectivity index (χ1v) is 45.0. The SMILES string of the molecule is CC(C)c1cc(C(C)C)c(-c2ccc3c(c2)c2cc(-c4c(C(C)C)cc(C(C)C)cc4C(C)C)ccc2n3-c2ccc3c(c2)N(c2ccccc2)c2cccc4c2B3c2ccc(-n3c5ccc(-c6c(C(C)C)cc(C(C)C)cc6C(C)C)cc5c5cc(-c6c(C(C)C)cc(C(C)C)cc6C(C)C)ccc53)cc2N4c2ccccc2)c(C(C)C)c1. The molecule has 0 aliphatic carbocycles. The molecule has 0 saturated carbocycles. The fraction of sp³-hybridized carbons (Fsp3) is 0.316. The number of nitrogens with zero attached hydrogens (tertiary/aromatic N) is 4. The Morgan fingerprint density at radius 2 is 0.445 bits per heavy atom. The topological polar surface area (TPSA) is 16.3 Å². The molecule has 0 fully saturated rings. The van der Waals surface area contributed by atoms with Crippen molar-refractivity contribution in [3.8, 4) is 55.9 Å². The molecule has 0 saturated heterocycles. The van der Waals surface area contributed by atoms with Crippen LogP contribution in [0.2, 0.25) is 0 Å². The van der Waals surface area contributed by atoms with Gasteiger partial charge in [-0.05, 0) is 308 Å².